The van der Waals surface area contributed by atoms with Crippen LogP contribution in [0.2, 0.25) is 0 Å². The van der Waals surface area contributed by atoms with Gasteiger partial charge >= 0.3 is 0 Å². The van der Waals surface area contributed by atoms with Crippen molar-refractivity contribution in [2.45, 2.75) is 50.5 Å². The van der Waals surface area contributed by atoms with E-state index in [0.717, 1.165) is 43.4 Å². The van der Waals surface area contributed by atoms with Crippen molar-refractivity contribution >= 4 is 11.8 Å². The van der Waals surface area contributed by atoms with Crippen LogP contribution in [-0.4, -0.2) is 40.3 Å². The van der Waals surface area contributed by atoms with E-state index in [0.29, 0.717) is 25.9 Å². The first-order chi connectivity index (χ1) is 11.1. The highest BCUT2D eigenvalue weighted by atomic mass is 16.2. The average Bonchev–Trinajstić information content (AvgIpc) is 3.18. The fraction of sp³-hybridized carbons (Fsp3) is 0.588. The summed E-state index contributed by atoms with van der Waals surface area (Å²) < 4.78 is 0. The molecule has 2 N–H and O–H groups in total. The van der Waals surface area contributed by atoms with Crippen LogP contribution in [0.1, 0.15) is 53.7 Å². The molecule has 0 bridgehead atoms. The van der Waals surface area contributed by atoms with Gasteiger partial charge in [-0.25, -0.2) is 0 Å². The van der Waals surface area contributed by atoms with Gasteiger partial charge in [0.2, 0.25) is 5.91 Å². The van der Waals surface area contributed by atoms with Crippen LogP contribution in [0.3, 0.4) is 0 Å². The number of carbonyl (C=O) groups is 2. The highest BCUT2D eigenvalue weighted by molar-refractivity contribution is 6.00. The fourth-order valence-corrected chi connectivity index (χ4v) is 4.35. The van der Waals surface area contributed by atoms with Crippen molar-refractivity contribution in [3.05, 3.63) is 33.2 Å². The van der Waals surface area contributed by atoms with Crippen LogP contribution in [0.4, 0.5) is 0 Å². The molecule has 0 radical (unpaired) electrons. The standard InChI is InChI=1S/C17H21N3O3/c21-14-12(10-11-4-3-5-13(11)19-14)15(22)20-9-8-18-16(23)17(20)6-1-2-7-17/h10H,1-9H2,(H,18,23)(H,19,21). The number of hydrogen-bond donors (Lipinski definition) is 2. The van der Waals surface area contributed by atoms with Gasteiger partial charge in [0.05, 0.1) is 0 Å². The summed E-state index contributed by atoms with van der Waals surface area (Å²) in [7, 11) is 0. The zero-order chi connectivity index (χ0) is 16.0. The molecule has 2 amide bonds. The molecule has 6 nitrogen and oxygen atoms in total. The Morgan fingerprint density at radius 1 is 1.13 bits per heavy atom. The van der Waals surface area contributed by atoms with Gasteiger partial charge in [0.1, 0.15) is 11.1 Å². The number of pyridine rings is 1. The summed E-state index contributed by atoms with van der Waals surface area (Å²) in [5, 5.41) is 2.89. The number of nitrogens with one attached hydrogen (secondary N) is 2. The molecular weight excluding hydrogens is 294 g/mol. The van der Waals surface area contributed by atoms with Crippen LogP contribution < -0.4 is 10.9 Å². The van der Waals surface area contributed by atoms with Gasteiger partial charge in [-0.1, -0.05) is 12.8 Å². The lowest BCUT2D eigenvalue weighted by Gasteiger charge is -2.43. The van der Waals surface area contributed by atoms with Crippen LogP contribution >= 0.6 is 0 Å². The SMILES string of the molecule is O=C(c1cc2c([nH]c1=O)CCC2)N1CCNC(=O)C12CCCC2. The topological polar surface area (TPSA) is 82.3 Å². The molecule has 1 aromatic heterocycles. The quantitative estimate of drug-likeness (QED) is 0.802. The number of H-pyrrole nitrogens is 1. The molecule has 2 fully saturated rings. The minimum Gasteiger partial charge on any atom is -0.352 e. The van der Waals surface area contributed by atoms with Gasteiger partial charge < -0.3 is 15.2 Å². The molecule has 3 aliphatic rings. The Balaban J connectivity index is 1.73. The first-order valence-corrected chi connectivity index (χ1v) is 8.47. The van der Waals surface area contributed by atoms with Gasteiger partial charge in [-0.15, -0.1) is 0 Å². The average molecular weight is 315 g/mol. The van der Waals surface area contributed by atoms with Crippen molar-refractivity contribution in [2.24, 2.45) is 0 Å². The van der Waals surface area contributed by atoms with E-state index in [1.54, 1.807) is 11.0 Å². The predicted molar refractivity (Wildman–Crippen MR) is 84.3 cm³/mol. The molecule has 1 saturated carbocycles. The number of rotatable bonds is 1. The Hall–Kier alpha value is -2.11. The van der Waals surface area contributed by atoms with Crippen molar-refractivity contribution in [3.8, 4) is 0 Å². The van der Waals surface area contributed by atoms with Crippen LogP contribution in [0.15, 0.2) is 10.9 Å². The van der Waals surface area contributed by atoms with Crippen molar-refractivity contribution < 1.29 is 9.59 Å². The Kier molecular flexibility index (Phi) is 3.28. The highest BCUT2D eigenvalue weighted by Gasteiger charge is 2.50. The van der Waals surface area contributed by atoms with E-state index < -0.39 is 5.54 Å². The summed E-state index contributed by atoms with van der Waals surface area (Å²) in [5.74, 6) is -0.357. The van der Waals surface area contributed by atoms with Gasteiger partial charge in [-0.05, 0) is 43.7 Å². The van der Waals surface area contributed by atoms with Crippen LogP contribution in [-0.2, 0) is 17.6 Å². The van der Waals surface area contributed by atoms with E-state index in [1.807, 2.05) is 0 Å². The van der Waals surface area contributed by atoms with E-state index in [1.165, 1.54) is 0 Å². The third kappa shape index (κ3) is 2.11. The number of aromatic amines is 1. The Labute approximate surface area is 134 Å². The lowest BCUT2D eigenvalue weighted by Crippen LogP contribution is -2.65. The zero-order valence-corrected chi connectivity index (χ0v) is 13.1. The molecule has 0 aromatic carbocycles. The second-order valence-corrected chi connectivity index (χ2v) is 6.82. The number of amides is 2. The van der Waals surface area contributed by atoms with Gasteiger partial charge in [0.25, 0.3) is 11.5 Å². The van der Waals surface area contributed by atoms with E-state index in [4.69, 9.17) is 0 Å². The van der Waals surface area contributed by atoms with Crippen LogP contribution in [0.5, 0.6) is 0 Å². The van der Waals surface area contributed by atoms with Gasteiger partial charge in [0, 0.05) is 18.8 Å². The fourth-order valence-electron chi connectivity index (χ4n) is 4.35. The van der Waals surface area contributed by atoms with Crippen molar-refractivity contribution in [1.29, 1.82) is 0 Å². The predicted octanol–water partition coefficient (Wildman–Crippen LogP) is 0.748. The van der Waals surface area contributed by atoms with Gasteiger partial charge in [-0.2, -0.15) is 0 Å². The van der Waals surface area contributed by atoms with Crippen LogP contribution in [0.25, 0.3) is 0 Å². The molecule has 4 rings (SSSR count). The minimum absolute atomic E-state index is 0.0628. The Morgan fingerprint density at radius 2 is 1.91 bits per heavy atom. The summed E-state index contributed by atoms with van der Waals surface area (Å²) in [6.07, 6.45) is 6.04. The molecule has 0 atom stereocenters. The van der Waals surface area contributed by atoms with E-state index in [-0.39, 0.29) is 22.9 Å². The lowest BCUT2D eigenvalue weighted by atomic mass is 9.90. The molecule has 2 aliphatic carbocycles. The number of nitrogens with zero attached hydrogens (tertiary/aromatic N) is 1. The first-order valence-electron chi connectivity index (χ1n) is 8.47. The smallest absolute Gasteiger partial charge is 0.261 e. The van der Waals surface area contributed by atoms with Crippen molar-refractivity contribution in [3.63, 3.8) is 0 Å². The zero-order valence-electron chi connectivity index (χ0n) is 13.1. The highest BCUT2D eigenvalue weighted by Crippen LogP contribution is 2.37. The maximum atomic E-state index is 13.1. The van der Waals surface area contributed by atoms with Gasteiger partial charge in [-0.3, -0.25) is 14.4 Å². The summed E-state index contributed by atoms with van der Waals surface area (Å²) in [4.78, 5) is 42.4. The lowest BCUT2D eigenvalue weighted by molar-refractivity contribution is -0.134. The maximum Gasteiger partial charge on any atom is 0.261 e. The third-order valence-electron chi connectivity index (χ3n) is 5.55. The molecule has 1 spiro atoms. The molecule has 6 heteroatoms. The molecule has 2 heterocycles. The second-order valence-electron chi connectivity index (χ2n) is 6.82. The third-order valence-corrected chi connectivity index (χ3v) is 5.55. The maximum absolute atomic E-state index is 13.1. The number of piperazine rings is 1. The molecule has 1 aromatic rings. The van der Waals surface area contributed by atoms with Gasteiger partial charge in [0.15, 0.2) is 0 Å². The number of hydrogen-bond acceptors (Lipinski definition) is 3. The van der Waals surface area contributed by atoms with E-state index >= 15 is 0 Å². The first kappa shape index (κ1) is 14.5. The second kappa shape index (κ2) is 5.22. The number of aryl methyl sites for hydroxylation is 2. The van der Waals surface area contributed by atoms with E-state index in [2.05, 4.69) is 10.3 Å². The molecule has 23 heavy (non-hydrogen) atoms. The largest absolute Gasteiger partial charge is 0.352 e. The molecule has 1 aliphatic heterocycles. The van der Waals surface area contributed by atoms with Crippen molar-refractivity contribution in [1.82, 2.24) is 15.2 Å². The molecule has 1 saturated heterocycles. The van der Waals surface area contributed by atoms with Crippen molar-refractivity contribution in [2.75, 3.05) is 13.1 Å². The monoisotopic (exact) mass is 315 g/mol. The number of fused-ring (bicyclic) bond motifs is 1. The van der Waals surface area contributed by atoms with E-state index in [9.17, 15) is 14.4 Å². The number of carbonyl (C=O) groups excluding carboxylic acids is 2. The molecular formula is C17H21N3O3. The summed E-state index contributed by atoms with van der Waals surface area (Å²) >= 11 is 0. The summed E-state index contributed by atoms with van der Waals surface area (Å²) in [6, 6.07) is 1.75. The number of aromatic nitrogens is 1. The minimum atomic E-state index is -0.749. The normalized spacial score (nSPS) is 22.3. The molecule has 0 unspecified atom stereocenters. The molecule has 122 valence electrons. The Bertz CT molecular complexity index is 731. The van der Waals surface area contributed by atoms with Crippen LogP contribution in [0, 0.1) is 0 Å². The summed E-state index contributed by atoms with van der Waals surface area (Å²) in [5.41, 5.74) is 1.13. The summed E-state index contributed by atoms with van der Waals surface area (Å²) in [6.45, 7) is 0.927. The Morgan fingerprint density at radius 3 is 2.70 bits per heavy atom.